The van der Waals surface area contributed by atoms with Gasteiger partial charge in [-0.25, -0.2) is 59.2 Å². The van der Waals surface area contributed by atoms with Gasteiger partial charge in [-0.15, -0.1) is 90.7 Å². The number of imidazole rings is 6. The van der Waals surface area contributed by atoms with Gasteiger partial charge in [-0.05, 0) is 211 Å². The predicted octanol–water partition coefficient (Wildman–Crippen LogP) is 5.23. The molecule has 0 aliphatic carbocycles. The summed E-state index contributed by atoms with van der Waals surface area (Å²) in [6, 6.07) is 0. The molecule has 7 saturated heterocycles. The third kappa shape index (κ3) is 25.0. The molecule has 0 saturated carbocycles. The number of nitrogens with one attached hydrogen (secondary N) is 6. The van der Waals surface area contributed by atoms with Crippen molar-refractivity contribution in [3.05, 3.63) is 129 Å². The highest BCUT2D eigenvalue weighted by Gasteiger charge is 2.62. The minimum absolute atomic E-state index is 0.0147. The molecule has 0 spiro atoms. The Balaban J connectivity index is 0.000000140. The molecule has 12 aromatic rings. The molecule has 12 aromatic heterocycles. The molecule has 814 valence electrons. The Morgan fingerprint density at radius 3 is 1.06 bits per heavy atom. The van der Waals surface area contributed by atoms with Gasteiger partial charge >= 0.3 is 0 Å². The molecule has 16 N–H and O–H groups in total. The van der Waals surface area contributed by atoms with Crippen molar-refractivity contribution >= 4 is 164 Å². The van der Waals surface area contributed by atoms with Crippen molar-refractivity contribution in [2.75, 3.05) is 129 Å². The van der Waals surface area contributed by atoms with E-state index < -0.39 is 185 Å². The van der Waals surface area contributed by atoms with Gasteiger partial charge in [0.05, 0.1) is 80.7 Å². The monoisotopic (exact) mass is 2200 g/mol. The standard InChI is InChI=1S/C17H27N4O3P.C16H23N4O4P.2C16H25N4O4P.C15H22FN4O3P.C14H21ClN5O3P/c1-10-13(22)17(3,7-8-25(4,5)6)24-16(10)21-9-18-12-14(21)19-11(2)20-15(12)23;1-9-18-13-10(14(22)19-9)17-8-20(13)15-11-12(21)16(24-15,7-23-11)5-6-25(2,3)4;2*1-9-18-13-11(14(22)19-9)17-8-20(13)15-16(2,23)12(21)10(24-15)6-7-25(3,4)5;1-8-18-13-11(14(22)19-8)17-7-20(13)15-10(16)12(21)9(23-15)5-6-24(2,3)4;1-24(2,3)5-4-7-10(21)8(15)13(23-7)20-6-17-9-11(20)18-14(16)19-12(9)22/h9-10,13,16,22H,4,7-8H2,1-3,5-6H3,(H,19,20,23);8,11-12,15,21H,2,5-7H2,1,3-4H3,(H,18,19,22);2*8,10,12,15,21,23H,3,6-7H2,1-2,4-5H3,(H,18,19,22);7,9-10,12,15,21H,2,5-6H2,1,3-4H3,(H,18,19,22);6-8,10,13,21H,1,4-5H2,2-3H3,(H3,16,18,19,22)/t10-,13+,16-,17-;11-,12+,15-,16+;10?,12-,15-,16+;10?,12-,15-,16-;9?,10-,12-,15-;7?,8-,10-,13-/m111111/s1. The van der Waals surface area contributed by atoms with Crippen LogP contribution in [0.4, 0.5) is 10.3 Å². The summed E-state index contributed by atoms with van der Waals surface area (Å²) in [5, 5.41) is 84.3. The summed E-state index contributed by atoms with van der Waals surface area (Å²) in [5.74, 6) is 2.16. The maximum atomic E-state index is 14.6. The van der Waals surface area contributed by atoms with Gasteiger partial charge in [-0.3, -0.25) is 61.2 Å². The first-order valence-electron chi connectivity index (χ1n) is 48.4. The number of hydrogen-bond donors (Lipinski definition) is 15. The molecule has 24 atom stereocenters. The number of aryl methyl sites for hydroxylation is 5. The zero-order valence-corrected chi connectivity index (χ0v) is 93.5. The minimum Gasteiger partial charge on any atom is -0.390 e. The van der Waals surface area contributed by atoms with E-state index in [2.05, 4.69) is 207 Å². The largest absolute Gasteiger partial charge is 0.390 e. The van der Waals surface area contributed by atoms with E-state index in [0.717, 1.165) is 43.4 Å². The number of anilines is 1. The van der Waals surface area contributed by atoms with E-state index in [1.165, 1.54) is 59.2 Å². The average molecular weight is 2200 g/mol. The lowest BCUT2D eigenvalue weighted by Gasteiger charge is -2.32. The van der Waals surface area contributed by atoms with Crippen LogP contribution in [0.1, 0.15) is 133 Å². The van der Waals surface area contributed by atoms with Crippen molar-refractivity contribution in [2.45, 2.75) is 239 Å². The van der Waals surface area contributed by atoms with Crippen molar-refractivity contribution in [1.29, 1.82) is 0 Å². The van der Waals surface area contributed by atoms with Crippen molar-refractivity contribution in [3.63, 3.8) is 0 Å². The maximum Gasteiger partial charge on any atom is 0.280 e. The number of fused-ring (bicyclic) bond motifs is 8. The van der Waals surface area contributed by atoms with Gasteiger partial charge in [0.15, 0.2) is 104 Å². The molecule has 148 heavy (non-hydrogen) atoms. The molecule has 19 rings (SSSR count). The van der Waals surface area contributed by atoms with Crippen LogP contribution >= 0.6 is 52.9 Å². The normalized spacial score (nSPS) is 29.8. The summed E-state index contributed by atoms with van der Waals surface area (Å²) < 4.78 is 66.1. The van der Waals surface area contributed by atoms with Gasteiger partial charge in [0.25, 0.3) is 33.4 Å². The molecule has 19 heterocycles. The number of H-pyrrole nitrogens is 6. The molecule has 7 fully saturated rings. The summed E-state index contributed by atoms with van der Waals surface area (Å²) in [6.45, 7) is 33.9. The van der Waals surface area contributed by atoms with Crippen LogP contribution < -0.4 is 39.1 Å². The van der Waals surface area contributed by atoms with Gasteiger partial charge in [0.2, 0.25) is 5.95 Å². The van der Waals surface area contributed by atoms with Crippen LogP contribution in [0, 0.1) is 40.5 Å². The summed E-state index contributed by atoms with van der Waals surface area (Å²) >= 11 is 6.37. The fourth-order valence-electron chi connectivity index (χ4n) is 19.0. The first kappa shape index (κ1) is 115. The number of halogens is 2. The molecule has 54 heteroatoms. The fraction of sp³-hybridized carbons (Fsp3) is 0.617. The number of aliphatic hydroxyl groups excluding tert-OH is 6. The summed E-state index contributed by atoms with van der Waals surface area (Å²) in [6.07, 6.45) is 28.9. The van der Waals surface area contributed by atoms with E-state index in [-0.39, 0.29) is 84.1 Å². The topological polar surface area (TPSA) is 634 Å². The number of hydrogen-bond acceptors (Lipinski definition) is 34. The highest BCUT2D eigenvalue weighted by Crippen LogP contribution is 2.53. The van der Waals surface area contributed by atoms with E-state index in [0.29, 0.717) is 90.4 Å². The minimum atomic E-state index is -1.61. The number of alkyl halides is 2. The van der Waals surface area contributed by atoms with Crippen LogP contribution in [0.2, 0.25) is 0 Å². The second-order valence-corrected chi connectivity index (χ2v) is 71.0. The van der Waals surface area contributed by atoms with E-state index >= 15 is 0 Å². The van der Waals surface area contributed by atoms with E-state index in [9.17, 15) is 74.0 Å². The Morgan fingerprint density at radius 1 is 0.399 bits per heavy atom. The van der Waals surface area contributed by atoms with Crippen LogP contribution in [0.3, 0.4) is 0 Å². The molecule has 7 aliphatic heterocycles. The lowest BCUT2D eigenvalue weighted by Crippen LogP contribution is -2.43. The Hall–Kier alpha value is -8.68. The molecule has 46 nitrogen and oxygen atoms in total. The van der Waals surface area contributed by atoms with Crippen LogP contribution in [0.15, 0.2) is 66.7 Å². The van der Waals surface area contributed by atoms with Gasteiger partial charge < -0.3 is 105 Å². The van der Waals surface area contributed by atoms with Crippen LogP contribution in [-0.2, 0) is 33.2 Å². The Bertz CT molecular complexity index is 7240. The second kappa shape index (κ2) is 43.3. The van der Waals surface area contributed by atoms with Crippen molar-refractivity contribution in [1.82, 2.24) is 117 Å². The number of aromatic nitrogens is 24. The lowest BCUT2D eigenvalue weighted by molar-refractivity contribution is -0.172. The Labute approximate surface area is 858 Å². The fourth-order valence-corrected chi connectivity index (χ4v) is 25.1. The van der Waals surface area contributed by atoms with Crippen LogP contribution in [0.5, 0.6) is 0 Å². The molecule has 0 aromatic carbocycles. The smallest absolute Gasteiger partial charge is 0.280 e. The summed E-state index contributed by atoms with van der Waals surface area (Å²) in [4.78, 5) is 138. The highest BCUT2D eigenvalue weighted by atomic mass is 35.5. The molecule has 0 radical (unpaired) electrons. The average Bonchev–Trinajstić information content (AvgIpc) is 1.56. The third-order valence-corrected chi connectivity index (χ3v) is 36.5. The van der Waals surface area contributed by atoms with Gasteiger partial charge in [0.1, 0.15) is 94.2 Å². The zero-order valence-electron chi connectivity index (χ0n) is 87.4. The molecule has 0 amide bonds. The van der Waals surface area contributed by atoms with Gasteiger partial charge in [-0.1, -0.05) is 6.92 Å². The second-order valence-electron chi connectivity index (χ2n) is 44.6. The van der Waals surface area contributed by atoms with E-state index in [1.807, 2.05) is 13.8 Å². The number of nitrogen functional groups attached to an aromatic ring is 1. The first-order chi connectivity index (χ1) is 68.6. The van der Waals surface area contributed by atoms with Crippen molar-refractivity contribution < 1.29 is 78.4 Å². The summed E-state index contributed by atoms with van der Waals surface area (Å²) in [7, 11) is 0. The molecule has 7 aliphatic rings. The molecule has 4 unspecified atom stereocenters. The highest BCUT2D eigenvalue weighted by molar-refractivity contribution is 7.73. The van der Waals surface area contributed by atoms with E-state index in [4.69, 9.17) is 50.5 Å². The van der Waals surface area contributed by atoms with Crippen molar-refractivity contribution in [3.8, 4) is 0 Å². The summed E-state index contributed by atoms with van der Waals surface area (Å²) in [5.41, 5.74) is 2.38. The van der Waals surface area contributed by atoms with Crippen molar-refractivity contribution in [2.24, 2.45) is 5.92 Å². The van der Waals surface area contributed by atoms with Gasteiger partial charge in [0, 0.05) is 5.92 Å². The number of nitrogens with two attached hydrogens (primary N) is 1. The molecular formula is C94H143ClFN25O21P6. The number of rotatable bonds is 24. The Kier molecular flexibility index (Phi) is 33.6. The SMILES string of the molecule is C=P(C)(C)CCC1O[C@@H](n2cnc3c(=O)[nH]c(C)nc32)[C@@](C)(O)[C@@H]1O.C=P(C)(C)CCC1O[C@@H](n2cnc3c(=O)[nH]c(C)nc32)[C@H](F)[C@@H]1O.C=P(C)(C)CCC1O[C@@H](n2cnc3c(=O)[nH]c(C)nc32)[C@](C)(O)[C@@H]1O.C=P(C)(C)CCC1O[C@@H](n2cnc3c(=O)[nH]c(N)nc32)[C@H](Cl)[C@@H]1O.C=P(C)(C)CC[C@@]1(C)O[C@@H](n2cnc3c(=O)[nH]c(C)nc32)[C@H](C)[C@@H]1O.C=P(C)(C)CC[C@@]12CO[C@@H]([C@H](n3cnc4c(=O)[nH]c(C)nc43)O1)[C@@H]2O. The lowest BCUT2D eigenvalue weighted by atomic mass is 9.90. The van der Waals surface area contributed by atoms with Crippen LogP contribution in [-0.4, -0.2) is 420 Å². The van der Waals surface area contributed by atoms with E-state index in [1.54, 1.807) is 54.6 Å². The van der Waals surface area contributed by atoms with Gasteiger partial charge in [-0.2, -0.15) is 4.98 Å². The number of aliphatic hydroxyl groups is 8. The van der Waals surface area contributed by atoms with Crippen LogP contribution in [0.25, 0.3) is 67.0 Å². The molecule has 2 bridgehead atoms. The quantitative estimate of drug-likeness (QED) is 0.0272. The predicted molar refractivity (Wildman–Crippen MR) is 587 cm³/mol. The Morgan fingerprint density at radius 2 is 0.696 bits per heavy atom. The zero-order chi connectivity index (χ0) is 109. The first-order valence-corrected chi connectivity index (χ1v) is 67.2. The number of aromatic amines is 6. The third-order valence-electron chi connectivity index (χ3n) is 27.3. The maximum absolute atomic E-state index is 14.6. The number of ether oxygens (including phenoxy) is 7. The molecular weight excluding hydrogens is 2060 g/mol. The number of nitrogens with zero attached hydrogens (tertiary/aromatic N) is 18.